The highest BCUT2D eigenvalue weighted by atomic mass is 32.1. The van der Waals surface area contributed by atoms with Crippen LogP contribution in [0.1, 0.15) is 150 Å². The van der Waals surface area contributed by atoms with Gasteiger partial charge in [0.15, 0.2) is 11.9 Å². The molecule has 0 unspecified atom stereocenters. The maximum atomic E-state index is 14.8. The highest BCUT2D eigenvalue weighted by Crippen LogP contribution is 2.29. The normalized spacial score (nSPS) is 20.2. The summed E-state index contributed by atoms with van der Waals surface area (Å²) in [5, 5.41) is 61.6. The lowest BCUT2D eigenvalue weighted by atomic mass is 10.0. The monoisotopic (exact) mass is 1590 g/mol. The van der Waals surface area contributed by atoms with Crippen molar-refractivity contribution in [1.82, 2.24) is 72.4 Å². The van der Waals surface area contributed by atoms with Crippen LogP contribution in [0, 0.1) is 11.8 Å². The fourth-order valence-corrected chi connectivity index (χ4v) is 14.3. The predicted molar refractivity (Wildman–Crippen MR) is 398 cm³/mol. The Hall–Kier alpha value is -10.2. The van der Waals surface area contributed by atoms with Gasteiger partial charge in [0.1, 0.15) is 78.5 Å². The summed E-state index contributed by atoms with van der Waals surface area (Å²) in [4.78, 5) is 246. The number of carboxylic acid groups (broad SMARTS) is 3. The van der Waals surface area contributed by atoms with E-state index in [1.165, 1.54) is 14.7 Å². The van der Waals surface area contributed by atoms with Crippen LogP contribution in [0.2, 0.25) is 0 Å². The summed E-state index contributed by atoms with van der Waals surface area (Å²) in [6.07, 6.45) is -0.0470. The van der Waals surface area contributed by atoms with Crippen LogP contribution in [0.5, 0.6) is 0 Å². The number of nitrogens with one attached hydrogen (secondary N) is 9. The molecule has 13 atom stereocenters. The minimum Gasteiger partial charge on any atom is -0.481 e. The Morgan fingerprint density at radius 3 is 1.30 bits per heavy atom. The molecule has 0 spiro atoms. The van der Waals surface area contributed by atoms with Gasteiger partial charge >= 0.3 is 17.9 Å². The predicted octanol–water partition coefficient (Wildman–Crippen LogP) is -7.56. The zero-order valence-electron chi connectivity index (χ0n) is 63.1. The van der Waals surface area contributed by atoms with Gasteiger partial charge in [-0.05, 0) is 121 Å². The van der Waals surface area contributed by atoms with Crippen molar-refractivity contribution in [2.24, 2.45) is 50.5 Å². The molecular weight excluding hydrogens is 1480 g/mol. The van der Waals surface area contributed by atoms with E-state index >= 15 is 0 Å². The van der Waals surface area contributed by atoms with Crippen molar-refractivity contribution in [2.75, 3.05) is 71.3 Å². The van der Waals surface area contributed by atoms with Crippen molar-refractivity contribution in [1.29, 1.82) is 0 Å². The van der Waals surface area contributed by atoms with Gasteiger partial charge in [-0.15, -0.1) is 0 Å². The maximum absolute atomic E-state index is 14.8. The molecule has 42 nitrogen and oxygen atoms in total. The maximum Gasteiger partial charge on any atom is 0.327 e. The Kier molecular flexibility index (Phi) is 36.7. The number of hydrogen-bond acceptors (Lipinski definition) is 22. The van der Waals surface area contributed by atoms with E-state index in [-0.39, 0.29) is 165 Å². The van der Waals surface area contributed by atoms with Crippen LogP contribution in [0.3, 0.4) is 0 Å². The number of carbonyl (C=O) groups is 17. The van der Waals surface area contributed by atoms with Gasteiger partial charge in [-0.25, -0.2) is 4.79 Å². The third kappa shape index (κ3) is 27.7. The average Bonchev–Trinajstić information content (AvgIpc) is 1.66. The lowest BCUT2D eigenvalue weighted by molar-refractivity contribution is -0.149. The van der Waals surface area contributed by atoms with Gasteiger partial charge in [-0.3, -0.25) is 86.7 Å². The number of guanidine groups is 2. The molecule has 5 rings (SSSR count). The minimum absolute atomic E-state index is 0.00249. The molecule has 23 N–H and O–H groups in total. The number of carbonyl (C=O) groups excluding carboxylic acids is 14. The Morgan fingerprint density at radius 2 is 0.829 bits per heavy atom. The third-order valence-corrected chi connectivity index (χ3v) is 19.9. The highest BCUT2D eigenvalue weighted by molar-refractivity contribution is 7.80. The van der Waals surface area contributed by atoms with E-state index in [0.717, 1.165) is 9.80 Å². The van der Waals surface area contributed by atoms with E-state index in [1.807, 2.05) is 13.8 Å². The number of carboxylic acids is 3. The van der Waals surface area contributed by atoms with Gasteiger partial charge in [-0.2, -0.15) is 12.6 Å². The molecular formula is C68H111N21O21S. The number of hydrogen-bond donors (Lipinski definition) is 19. The second kappa shape index (κ2) is 44.6. The van der Waals surface area contributed by atoms with E-state index in [1.54, 1.807) is 13.8 Å². The number of thiol groups is 1. The Bertz CT molecular complexity index is 3430. The molecule has 0 aromatic rings. The third-order valence-electron chi connectivity index (χ3n) is 19.5. The number of aliphatic carboxylic acids is 3. The van der Waals surface area contributed by atoms with Crippen LogP contribution in [0.4, 0.5) is 0 Å². The Balaban J connectivity index is 1.27. The summed E-state index contributed by atoms with van der Waals surface area (Å²) in [5.41, 5.74) is 27.5. The molecule has 5 fully saturated rings. The first-order chi connectivity index (χ1) is 52.5. The molecule has 0 aromatic carbocycles. The van der Waals surface area contributed by atoms with Gasteiger partial charge < -0.3 is 121 Å². The number of nitrogens with zero attached hydrogens (tertiary/aromatic N) is 7. The largest absolute Gasteiger partial charge is 0.481 e. The summed E-state index contributed by atoms with van der Waals surface area (Å²) >= 11 is 3.90. The SMILES string of the molecule is CC(C)C[C@H](NC(=O)[C@H](CCCN=C(N)N)NC(=O)[C@H](CC(=O)O)NC(=O)[C@@H]1CCCN1C(=O)[C@@H]1CCCN1C(=O)[C@H](CCC(=O)O)NC(=O)[C@@H]1CCCN1C(=O)[C@@H]1CCCN1C(=O)CNC(=O)[C@H](CCCN=C(N)N)NC(=O)[C@@H]1CCCN1C(=O)[C@H](CC(C)C)NC(=O)CN)C(=O)N[C@@H](CO)C(=O)N[C@@H](CS)C(=O)O. The standard InChI is InChI=1S/C68H111N21O21S/c1-35(2)28-40(56(99)83-43(33-90)58(101)84-44(34-111)66(109)110)81-55(98)38(13-6-22-75-68(72)73)78-57(100)41(30-53(95)96)82-61(104)47-16-9-26-88(47)65(108)49-18-11-27-89(49)62(105)39(19-20-52(93)94)80-60(103)46-15-8-25-87(46)64(107)48-17-10-23-85(48)51(92)32-76-54(97)37(12-5-21-74-67(70)71)79-59(102)45-14-7-24-86(45)63(106)42(29-36(3)4)77-50(91)31-69/h35-49,90,111H,5-34,69H2,1-4H3,(H,76,97)(H,77,91)(H,78,100)(H,79,102)(H,80,103)(H,81,98)(H,82,104)(H,83,99)(H,84,101)(H,93,94)(H,95,96)(H,109,110)(H4,70,71,74)(H4,72,73,75)/t37-,38-,39-,40-,41-,42-,43-,44-,45-,46-,47-,48-,49-/m0/s1. The van der Waals surface area contributed by atoms with Gasteiger partial charge in [0.25, 0.3) is 0 Å². The van der Waals surface area contributed by atoms with Gasteiger partial charge in [-0.1, -0.05) is 27.7 Å². The second-order valence-electron chi connectivity index (χ2n) is 28.9. The molecule has 5 heterocycles. The quantitative estimate of drug-likeness (QED) is 0.0117. The lowest BCUT2D eigenvalue weighted by Gasteiger charge is -2.34. The van der Waals surface area contributed by atoms with Crippen molar-refractivity contribution in [2.45, 2.75) is 228 Å². The summed E-state index contributed by atoms with van der Waals surface area (Å²) in [5.74, 6) is -17.2. The molecule has 5 aliphatic heterocycles. The van der Waals surface area contributed by atoms with E-state index in [2.05, 4.69) is 70.5 Å². The number of rotatable bonds is 43. The first-order valence-corrected chi connectivity index (χ1v) is 38.1. The number of nitrogens with two attached hydrogens (primary N) is 5. The molecule has 43 heteroatoms. The van der Waals surface area contributed by atoms with Crippen LogP contribution in [0.15, 0.2) is 9.98 Å². The molecule has 5 saturated heterocycles. The average molecular weight is 1590 g/mol. The molecule has 0 bridgehead atoms. The molecule has 5 aliphatic rings. The lowest BCUT2D eigenvalue weighted by Crippen LogP contribution is -2.60. The van der Waals surface area contributed by atoms with Crippen molar-refractivity contribution >= 4 is 125 Å². The van der Waals surface area contributed by atoms with Crippen LogP contribution in [-0.4, -0.2) is 307 Å². The van der Waals surface area contributed by atoms with Crippen LogP contribution in [0.25, 0.3) is 0 Å². The second-order valence-corrected chi connectivity index (χ2v) is 29.2. The molecule has 0 aromatic heterocycles. The molecule has 0 radical (unpaired) electrons. The van der Waals surface area contributed by atoms with Crippen molar-refractivity contribution in [3.8, 4) is 0 Å². The Morgan fingerprint density at radius 1 is 0.441 bits per heavy atom. The number of aliphatic imine (C=N–C) groups is 2. The minimum atomic E-state index is -1.92. The first kappa shape index (κ1) is 91.4. The molecule has 14 amide bonds. The van der Waals surface area contributed by atoms with Crippen molar-refractivity contribution in [3.05, 3.63) is 0 Å². The summed E-state index contributed by atoms with van der Waals surface area (Å²) in [6, 6.07) is -18.0. The van der Waals surface area contributed by atoms with E-state index in [0.29, 0.717) is 19.3 Å². The van der Waals surface area contributed by atoms with Crippen LogP contribution < -0.4 is 76.5 Å². The molecule has 111 heavy (non-hydrogen) atoms. The van der Waals surface area contributed by atoms with Crippen LogP contribution >= 0.6 is 12.6 Å². The summed E-state index contributed by atoms with van der Waals surface area (Å²) < 4.78 is 0. The molecule has 0 aliphatic carbocycles. The highest BCUT2D eigenvalue weighted by Gasteiger charge is 2.48. The van der Waals surface area contributed by atoms with E-state index < -0.39 is 212 Å². The van der Waals surface area contributed by atoms with Gasteiger partial charge in [0, 0.05) is 58.0 Å². The first-order valence-electron chi connectivity index (χ1n) is 37.4. The molecule has 620 valence electrons. The smallest absolute Gasteiger partial charge is 0.327 e. The zero-order valence-corrected chi connectivity index (χ0v) is 64.0. The fourth-order valence-electron chi connectivity index (χ4n) is 14.1. The van der Waals surface area contributed by atoms with E-state index in [4.69, 9.17) is 28.7 Å². The number of amides is 14. The summed E-state index contributed by atoms with van der Waals surface area (Å²) in [6.45, 7) is 5.27. The Labute approximate surface area is 646 Å². The number of aliphatic hydroxyl groups excluding tert-OH is 1. The van der Waals surface area contributed by atoms with E-state index in [9.17, 15) is 102 Å². The van der Waals surface area contributed by atoms with Crippen molar-refractivity contribution in [3.63, 3.8) is 0 Å². The number of likely N-dealkylation sites (tertiary alicyclic amines) is 5. The topological polar surface area (TPSA) is 650 Å². The van der Waals surface area contributed by atoms with Gasteiger partial charge in [0.2, 0.25) is 82.7 Å². The van der Waals surface area contributed by atoms with Gasteiger partial charge in [0.05, 0.1) is 26.1 Å². The summed E-state index contributed by atoms with van der Waals surface area (Å²) in [7, 11) is 0. The fraction of sp³-hybridized carbons (Fsp3) is 0.721. The zero-order chi connectivity index (χ0) is 82.5. The van der Waals surface area contributed by atoms with Crippen molar-refractivity contribution < 1.29 is 102 Å². The number of aliphatic hydroxyl groups is 1. The molecule has 0 saturated carbocycles. The van der Waals surface area contributed by atoms with Crippen LogP contribution in [-0.2, 0) is 81.5 Å².